The number of benzene rings is 1. The SMILES string of the molecule is C[C@](O)(C(N)=O)[C@@H](O)c1ccccc1. The molecule has 1 amide bonds. The predicted molar refractivity (Wildman–Crippen MR) is 51.2 cm³/mol. The van der Waals surface area contributed by atoms with Gasteiger partial charge < -0.3 is 15.9 Å². The van der Waals surface area contributed by atoms with E-state index < -0.39 is 17.6 Å². The van der Waals surface area contributed by atoms with Gasteiger partial charge in [-0.3, -0.25) is 4.79 Å². The van der Waals surface area contributed by atoms with Gasteiger partial charge in [0.25, 0.3) is 5.91 Å². The molecule has 1 rings (SSSR count). The smallest absolute Gasteiger partial charge is 0.252 e. The monoisotopic (exact) mass is 195 g/mol. The lowest BCUT2D eigenvalue weighted by Crippen LogP contribution is -2.46. The molecule has 1 aromatic rings. The summed E-state index contributed by atoms with van der Waals surface area (Å²) in [5.74, 6) is -0.950. The molecule has 0 spiro atoms. The van der Waals surface area contributed by atoms with E-state index in [0.717, 1.165) is 0 Å². The van der Waals surface area contributed by atoms with Crippen molar-refractivity contribution in [3.8, 4) is 0 Å². The largest absolute Gasteiger partial charge is 0.385 e. The Morgan fingerprint density at radius 3 is 2.36 bits per heavy atom. The van der Waals surface area contributed by atoms with Crippen LogP contribution in [-0.4, -0.2) is 21.7 Å². The van der Waals surface area contributed by atoms with Gasteiger partial charge in [-0.15, -0.1) is 0 Å². The van der Waals surface area contributed by atoms with Crippen molar-refractivity contribution < 1.29 is 15.0 Å². The third-order valence-corrected chi connectivity index (χ3v) is 2.15. The Kier molecular flexibility index (Phi) is 2.88. The Morgan fingerprint density at radius 2 is 1.93 bits per heavy atom. The van der Waals surface area contributed by atoms with E-state index in [1.165, 1.54) is 6.92 Å². The number of hydrogen-bond donors (Lipinski definition) is 3. The number of carbonyl (C=O) groups excluding carboxylic acids is 1. The predicted octanol–water partition coefficient (Wildman–Crippen LogP) is -0.0437. The van der Waals surface area contributed by atoms with Gasteiger partial charge in [-0.05, 0) is 12.5 Å². The van der Waals surface area contributed by atoms with Crippen LogP contribution in [0.2, 0.25) is 0 Å². The fraction of sp³-hybridized carbons (Fsp3) is 0.300. The molecular weight excluding hydrogens is 182 g/mol. The second kappa shape index (κ2) is 3.77. The Labute approximate surface area is 82.0 Å². The van der Waals surface area contributed by atoms with Crippen molar-refractivity contribution >= 4 is 5.91 Å². The number of primary amides is 1. The zero-order chi connectivity index (χ0) is 10.8. The highest BCUT2D eigenvalue weighted by atomic mass is 16.3. The third-order valence-electron chi connectivity index (χ3n) is 2.15. The molecule has 76 valence electrons. The molecule has 0 saturated heterocycles. The second-order valence-corrected chi connectivity index (χ2v) is 3.32. The zero-order valence-corrected chi connectivity index (χ0v) is 7.84. The molecule has 0 saturated carbocycles. The molecule has 14 heavy (non-hydrogen) atoms. The maximum absolute atomic E-state index is 10.8. The number of amides is 1. The number of hydrogen-bond acceptors (Lipinski definition) is 3. The fourth-order valence-corrected chi connectivity index (χ4v) is 1.09. The van der Waals surface area contributed by atoms with Crippen LogP contribution in [0.4, 0.5) is 0 Å². The van der Waals surface area contributed by atoms with Crippen LogP contribution in [0.3, 0.4) is 0 Å². The van der Waals surface area contributed by atoms with Crippen molar-refractivity contribution in [1.29, 1.82) is 0 Å². The first-order valence-corrected chi connectivity index (χ1v) is 4.21. The molecule has 0 aliphatic rings. The number of rotatable bonds is 3. The maximum Gasteiger partial charge on any atom is 0.252 e. The van der Waals surface area contributed by atoms with E-state index in [1.54, 1.807) is 30.3 Å². The highest BCUT2D eigenvalue weighted by Crippen LogP contribution is 2.24. The number of aliphatic hydroxyl groups is 2. The van der Waals surface area contributed by atoms with Crippen LogP contribution in [0.25, 0.3) is 0 Å². The van der Waals surface area contributed by atoms with Crippen molar-refractivity contribution in [2.24, 2.45) is 5.73 Å². The Balaban J connectivity index is 2.96. The first-order valence-electron chi connectivity index (χ1n) is 4.21. The number of carbonyl (C=O) groups is 1. The van der Waals surface area contributed by atoms with Crippen LogP contribution < -0.4 is 5.73 Å². The summed E-state index contributed by atoms with van der Waals surface area (Å²) in [6.07, 6.45) is -1.30. The second-order valence-electron chi connectivity index (χ2n) is 3.32. The standard InChI is InChI=1S/C10H13NO3/c1-10(14,9(11)13)8(12)7-5-3-2-4-6-7/h2-6,8,12,14H,1H3,(H2,11,13)/t8-,10+/m0/s1. The van der Waals surface area contributed by atoms with Crippen molar-refractivity contribution in [2.45, 2.75) is 18.6 Å². The molecule has 1 aromatic carbocycles. The van der Waals surface area contributed by atoms with E-state index in [9.17, 15) is 15.0 Å². The Morgan fingerprint density at radius 1 is 1.43 bits per heavy atom. The highest BCUT2D eigenvalue weighted by Gasteiger charge is 2.37. The van der Waals surface area contributed by atoms with Gasteiger partial charge in [0.15, 0.2) is 5.60 Å². The summed E-state index contributed by atoms with van der Waals surface area (Å²) in [6.45, 7) is 1.19. The fourth-order valence-electron chi connectivity index (χ4n) is 1.09. The molecule has 4 N–H and O–H groups in total. The van der Waals surface area contributed by atoms with Gasteiger partial charge in [0.1, 0.15) is 6.10 Å². The zero-order valence-electron chi connectivity index (χ0n) is 7.84. The molecule has 0 fully saturated rings. The summed E-state index contributed by atoms with van der Waals surface area (Å²) < 4.78 is 0. The van der Waals surface area contributed by atoms with Crippen molar-refractivity contribution in [2.75, 3.05) is 0 Å². The Bertz CT molecular complexity index is 321. The molecule has 2 atom stereocenters. The van der Waals surface area contributed by atoms with Gasteiger partial charge >= 0.3 is 0 Å². The van der Waals surface area contributed by atoms with Gasteiger partial charge in [0, 0.05) is 0 Å². The third kappa shape index (κ3) is 1.92. The summed E-state index contributed by atoms with van der Waals surface area (Å²) in [6, 6.07) is 8.41. The van der Waals surface area contributed by atoms with E-state index in [-0.39, 0.29) is 0 Å². The first kappa shape index (κ1) is 10.7. The molecule has 4 heteroatoms. The average molecular weight is 195 g/mol. The van der Waals surface area contributed by atoms with E-state index in [0.29, 0.717) is 5.56 Å². The van der Waals surface area contributed by atoms with Crippen molar-refractivity contribution in [3.05, 3.63) is 35.9 Å². The van der Waals surface area contributed by atoms with Crippen LogP contribution >= 0.6 is 0 Å². The molecule has 0 heterocycles. The van der Waals surface area contributed by atoms with Gasteiger partial charge in [0.05, 0.1) is 0 Å². The minimum absolute atomic E-state index is 0.455. The quantitative estimate of drug-likeness (QED) is 0.632. The highest BCUT2D eigenvalue weighted by molar-refractivity contribution is 5.83. The Hall–Kier alpha value is -1.39. The lowest BCUT2D eigenvalue weighted by molar-refractivity contribution is -0.146. The number of aliphatic hydroxyl groups excluding tert-OH is 1. The molecule has 0 aliphatic heterocycles. The van der Waals surface area contributed by atoms with Crippen LogP contribution in [0.1, 0.15) is 18.6 Å². The van der Waals surface area contributed by atoms with E-state index in [4.69, 9.17) is 5.73 Å². The van der Waals surface area contributed by atoms with Gasteiger partial charge in [-0.2, -0.15) is 0 Å². The van der Waals surface area contributed by atoms with Crippen molar-refractivity contribution in [1.82, 2.24) is 0 Å². The van der Waals surface area contributed by atoms with Crippen molar-refractivity contribution in [3.63, 3.8) is 0 Å². The molecular formula is C10H13NO3. The minimum atomic E-state index is -1.94. The van der Waals surface area contributed by atoms with Gasteiger partial charge in [-0.25, -0.2) is 0 Å². The van der Waals surface area contributed by atoms with Gasteiger partial charge in [0.2, 0.25) is 0 Å². The minimum Gasteiger partial charge on any atom is -0.385 e. The van der Waals surface area contributed by atoms with Gasteiger partial charge in [-0.1, -0.05) is 30.3 Å². The summed E-state index contributed by atoms with van der Waals surface area (Å²) >= 11 is 0. The molecule has 4 nitrogen and oxygen atoms in total. The summed E-state index contributed by atoms with van der Waals surface area (Å²) in [5.41, 5.74) is 3.47. The molecule has 0 bridgehead atoms. The normalized spacial score (nSPS) is 17.1. The van der Waals surface area contributed by atoms with Crippen LogP contribution in [0.5, 0.6) is 0 Å². The van der Waals surface area contributed by atoms with E-state index in [2.05, 4.69) is 0 Å². The lowest BCUT2D eigenvalue weighted by atomic mass is 9.92. The lowest BCUT2D eigenvalue weighted by Gasteiger charge is -2.25. The van der Waals surface area contributed by atoms with E-state index in [1.807, 2.05) is 0 Å². The maximum atomic E-state index is 10.8. The molecule has 0 aromatic heterocycles. The molecule has 0 unspecified atom stereocenters. The topological polar surface area (TPSA) is 83.5 Å². The number of nitrogens with two attached hydrogens (primary N) is 1. The van der Waals surface area contributed by atoms with E-state index >= 15 is 0 Å². The molecule has 0 radical (unpaired) electrons. The molecule has 0 aliphatic carbocycles. The average Bonchev–Trinajstić information content (AvgIpc) is 2.17. The van der Waals surface area contributed by atoms with Crippen LogP contribution in [-0.2, 0) is 4.79 Å². The van der Waals surface area contributed by atoms with Crippen LogP contribution in [0.15, 0.2) is 30.3 Å². The first-order chi connectivity index (χ1) is 6.46. The summed E-state index contributed by atoms with van der Waals surface area (Å²) in [4.78, 5) is 10.8. The summed E-state index contributed by atoms with van der Waals surface area (Å²) in [5, 5.41) is 19.3. The van der Waals surface area contributed by atoms with Crippen LogP contribution in [0, 0.1) is 0 Å². The summed E-state index contributed by atoms with van der Waals surface area (Å²) in [7, 11) is 0.